The third-order valence-electron chi connectivity index (χ3n) is 2.80. The number of nitrogen functional groups attached to an aromatic ring is 1. The first-order valence-electron chi connectivity index (χ1n) is 6.15. The fourth-order valence-corrected chi connectivity index (χ4v) is 1.81. The Kier molecular flexibility index (Phi) is 4.24. The van der Waals surface area contributed by atoms with Gasteiger partial charge in [-0.1, -0.05) is 12.1 Å². The molecule has 0 unspecified atom stereocenters. The molecule has 1 heterocycles. The molecule has 2 rings (SSSR count). The maximum atomic E-state index is 5.77. The molecule has 0 aliphatic heterocycles. The van der Waals surface area contributed by atoms with Crippen molar-refractivity contribution in [2.45, 2.75) is 6.54 Å². The largest absolute Gasteiger partial charge is 0.481 e. The Balaban J connectivity index is 2.22. The fraction of sp³-hybridized carbons (Fsp3) is 0.286. The molecule has 0 fully saturated rings. The summed E-state index contributed by atoms with van der Waals surface area (Å²) < 4.78 is 10.3. The molecule has 0 amide bonds. The number of nitrogens with zero attached hydrogens (tertiary/aromatic N) is 3. The van der Waals surface area contributed by atoms with Crippen molar-refractivity contribution in [1.29, 1.82) is 0 Å². The van der Waals surface area contributed by atoms with Crippen molar-refractivity contribution in [3.63, 3.8) is 0 Å². The molecular formula is C14H18N4O2. The monoisotopic (exact) mass is 274 g/mol. The number of aromatic nitrogens is 2. The summed E-state index contributed by atoms with van der Waals surface area (Å²) in [6.07, 6.45) is 0. The fourth-order valence-electron chi connectivity index (χ4n) is 1.81. The van der Waals surface area contributed by atoms with Crippen molar-refractivity contribution in [1.82, 2.24) is 9.97 Å². The summed E-state index contributed by atoms with van der Waals surface area (Å²) >= 11 is 0. The van der Waals surface area contributed by atoms with Crippen LogP contribution in [0.2, 0.25) is 0 Å². The summed E-state index contributed by atoms with van der Waals surface area (Å²) in [5.74, 6) is 1.46. The molecule has 1 aromatic heterocycles. The summed E-state index contributed by atoms with van der Waals surface area (Å²) in [4.78, 5) is 10.5. The molecule has 0 bridgehead atoms. The molecule has 6 nitrogen and oxygen atoms in total. The van der Waals surface area contributed by atoms with Gasteiger partial charge in [-0.05, 0) is 17.7 Å². The van der Waals surface area contributed by atoms with E-state index in [4.69, 9.17) is 15.2 Å². The third-order valence-corrected chi connectivity index (χ3v) is 2.80. The molecule has 0 saturated carbocycles. The van der Waals surface area contributed by atoms with Gasteiger partial charge in [0.1, 0.15) is 0 Å². The van der Waals surface area contributed by atoms with Gasteiger partial charge in [-0.15, -0.1) is 0 Å². The molecule has 0 aliphatic rings. The molecule has 1 aromatic carbocycles. The second kappa shape index (κ2) is 6.10. The number of ether oxygens (including phenoxy) is 2. The Morgan fingerprint density at radius 1 is 1.10 bits per heavy atom. The van der Waals surface area contributed by atoms with E-state index >= 15 is 0 Å². The Bertz CT molecular complexity index is 567. The van der Waals surface area contributed by atoms with Crippen LogP contribution in [0.5, 0.6) is 11.8 Å². The van der Waals surface area contributed by atoms with E-state index < -0.39 is 0 Å². The van der Waals surface area contributed by atoms with E-state index in [1.807, 2.05) is 36.2 Å². The Hall–Kier alpha value is -2.50. The van der Waals surface area contributed by atoms with Crippen molar-refractivity contribution < 1.29 is 9.47 Å². The molecule has 0 spiro atoms. The normalized spacial score (nSPS) is 10.2. The maximum absolute atomic E-state index is 5.77. The first-order chi connectivity index (χ1) is 9.62. The van der Waals surface area contributed by atoms with E-state index in [-0.39, 0.29) is 0 Å². The van der Waals surface area contributed by atoms with Gasteiger partial charge in [0.15, 0.2) is 0 Å². The van der Waals surface area contributed by atoms with Gasteiger partial charge in [-0.2, -0.15) is 9.97 Å². The van der Waals surface area contributed by atoms with Gasteiger partial charge in [0, 0.05) is 19.3 Å². The van der Waals surface area contributed by atoms with E-state index in [0.717, 1.165) is 11.3 Å². The second-order valence-corrected chi connectivity index (χ2v) is 4.35. The van der Waals surface area contributed by atoms with Gasteiger partial charge >= 0.3 is 0 Å². The molecular weight excluding hydrogens is 256 g/mol. The Morgan fingerprint density at radius 2 is 1.75 bits per heavy atom. The highest BCUT2D eigenvalue weighted by Crippen LogP contribution is 2.20. The van der Waals surface area contributed by atoms with Crippen LogP contribution in [0, 0.1) is 0 Å². The van der Waals surface area contributed by atoms with E-state index in [0.29, 0.717) is 24.3 Å². The summed E-state index contributed by atoms with van der Waals surface area (Å²) in [6.45, 7) is 0.640. The third kappa shape index (κ3) is 3.28. The van der Waals surface area contributed by atoms with E-state index in [2.05, 4.69) is 9.97 Å². The number of benzene rings is 1. The van der Waals surface area contributed by atoms with Crippen LogP contribution in [-0.2, 0) is 6.54 Å². The number of anilines is 2. The topological polar surface area (TPSA) is 73.5 Å². The summed E-state index contributed by atoms with van der Waals surface area (Å²) in [5, 5.41) is 0. The molecule has 20 heavy (non-hydrogen) atoms. The standard InChI is InChI=1S/C14H18N4O2/c1-18(9-10-5-4-6-11(15)7-10)14-16-12(19-2)8-13(17-14)20-3/h4-8H,9,15H2,1-3H3. The smallest absolute Gasteiger partial charge is 0.232 e. The molecule has 2 aromatic rings. The van der Waals surface area contributed by atoms with Crippen LogP contribution < -0.4 is 20.1 Å². The number of hydrogen-bond donors (Lipinski definition) is 1. The van der Waals surface area contributed by atoms with E-state index in [1.54, 1.807) is 20.3 Å². The van der Waals surface area contributed by atoms with Crippen molar-refractivity contribution in [2.24, 2.45) is 0 Å². The van der Waals surface area contributed by atoms with E-state index in [9.17, 15) is 0 Å². The molecule has 0 radical (unpaired) electrons. The number of hydrogen-bond acceptors (Lipinski definition) is 6. The highest BCUT2D eigenvalue weighted by atomic mass is 16.5. The summed E-state index contributed by atoms with van der Waals surface area (Å²) in [6, 6.07) is 9.34. The van der Waals surface area contributed by atoms with Crippen LogP contribution in [0.15, 0.2) is 30.3 Å². The van der Waals surface area contributed by atoms with Crippen LogP contribution in [-0.4, -0.2) is 31.2 Å². The first kappa shape index (κ1) is 13.9. The average molecular weight is 274 g/mol. The lowest BCUT2D eigenvalue weighted by Crippen LogP contribution is -2.19. The maximum Gasteiger partial charge on any atom is 0.232 e. The number of nitrogens with two attached hydrogens (primary N) is 1. The van der Waals surface area contributed by atoms with Crippen LogP contribution in [0.3, 0.4) is 0 Å². The van der Waals surface area contributed by atoms with E-state index in [1.165, 1.54) is 0 Å². The van der Waals surface area contributed by atoms with Gasteiger partial charge in [0.25, 0.3) is 0 Å². The predicted octanol–water partition coefficient (Wildman–Crippen LogP) is 1.71. The molecule has 106 valence electrons. The highest BCUT2D eigenvalue weighted by Gasteiger charge is 2.10. The van der Waals surface area contributed by atoms with Crippen LogP contribution >= 0.6 is 0 Å². The van der Waals surface area contributed by atoms with Crippen LogP contribution in [0.4, 0.5) is 11.6 Å². The van der Waals surface area contributed by atoms with Crippen LogP contribution in [0.25, 0.3) is 0 Å². The van der Waals surface area contributed by atoms with Gasteiger partial charge < -0.3 is 20.1 Å². The highest BCUT2D eigenvalue weighted by molar-refractivity contribution is 5.43. The molecule has 0 aliphatic carbocycles. The van der Waals surface area contributed by atoms with Crippen LogP contribution in [0.1, 0.15) is 5.56 Å². The first-order valence-corrected chi connectivity index (χ1v) is 6.15. The van der Waals surface area contributed by atoms with Gasteiger partial charge in [0.05, 0.1) is 20.3 Å². The minimum Gasteiger partial charge on any atom is -0.481 e. The SMILES string of the molecule is COc1cc(OC)nc(N(C)Cc2cccc(N)c2)n1. The van der Waals surface area contributed by atoms with Gasteiger partial charge in [-0.3, -0.25) is 0 Å². The number of rotatable bonds is 5. The summed E-state index contributed by atoms with van der Waals surface area (Å²) in [5.41, 5.74) is 7.59. The van der Waals surface area contributed by atoms with Gasteiger partial charge in [0.2, 0.25) is 17.7 Å². The van der Waals surface area contributed by atoms with Crippen molar-refractivity contribution in [2.75, 3.05) is 31.9 Å². The molecule has 2 N–H and O–H groups in total. The summed E-state index contributed by atoms with van der Waals surface area (Å²) in [7, 11) is 5.02. The lowest BCUT2D eigenvalue weighted by Gasteiger charge is -2.18. The number of methoxy groups -OCH3 is 2. The van der Waals surface area contributed by atoms with Crippen molar-refractivity contribution in [3.05, 3.63) is 35.9 Å². The minimum absolute atomic E-state index is 0.464. The lowest BCUT2D eigenvalue weighted by molar-refractivity contribution is 0.372. The average Bonchev–Trinajstić information content (AvgIpc) is 2.46. The quantitative estimate of drug-likeness (QED) is 0.837. The second-order valence-electron chi connectivity index (χ2n) is 4.35. The molecule has 6 heteroatoms. The zero-order valence-corrected chi connectivity index (χ0v) is 11.8. The van der Waals surface area contributed by atoms with Gasteiger partial charge in [-0.25, -0.2) is 0 Å². The zero-order chi connectivity index (χ0) is 14.5. The molecule has 0 saturated heterocycles. The van der Waals surface area contributed by atoms with Crippen molar-refractivity contribution in [3.8, 4) is 11.8 Å². The molecule has 0 atom stereocenters. The zero-order valence-electron chi connectivity index (χ0n) is 11.8. The Morgan fingerprint density at radius 3 is 2.30 bits per heavy atom. The minimum atomic E-state index is 0.464. The lowest BCUT2D eigenvalue weighted by atomic mass is 10.2. The predicted molar refractivity (Wildman–Crippen MR) is 78.1 cm³/mol. The Labute approximate surface area is 118 Å². The van der Waals surface area contributed by atoms with Crippen molar-refractivity contribution >= 4 is 11.6 Å².